The zero-order valence-electron chi connectivity index (χ0n) is 16.0. The summed E-state index contributed by atoms with van der Waals surface area (Å²) in [6, 6.07) is 10.6. The van der Waals surface area contributed by atoms with E-state index >= 15 is 0 Å². The second-order valence-electron chi connectivity index (χ2n) is 6.66. The first-order chi connectivity index (χ1) is 13.5. The topological polar surface area (TPSA) is 67.9 Å². The Morgan fingerprint density at radius 3 is 2.57 bits per heavy atom. The van der Waals surface area contributed by atoms with Gasteiger partial charge < -0.3 is 19.7 Å². The van der Waals surface area contributed by atoms with E-state index in [-0.39, 0.29) is 5.56 Å². The number of ether oxygens (including phenoxy) is 2. The maximum absolute atomic E-state index is 12.2. The summed E-state index contributed by atoms with van der Waals surface area (Å²) in [5.74, 6) is -0.745. The van der Waals surface area contributed by atoms with Crippen LogP contribution in [0.25, 0.3) is 0 Å². The van der Waals surface area contributed by atoms with Gasteiger partial charge in [0.25, 0.3) is 5.91 Å². The minimum absolute atomic E-state index is 0.175. The van der Waals surface area contributed by atoms with Crippen LogP contribution in [-0.4, -0.2) is 38.7 Å². The molecule has 0 aromatic heterocycles. The Hall–Kier alpha value is -2.73. The van der Waals surface area contributed by atoms with Crippen LogP contribution >= 0.6 is 11.6 Å². The van der Waals surface area contributed by atoms with Crippen molar-refractivity contribution in [3.63, 3.8) is 0 Å². The second kappa shape index (κ2) is 8.97. The zero-order valence-corrected chi connectivity index (χ0v) is 16.7. The van der Waals surface area contributed by atoms with E-state index in [0.29, 0.717) is 16.5 Å². The third-order valence-corrected chi connectivity index (χ3v) is 4.91. The van der Waals surface area contributed by atoms with E-state index in [1.54, 1.807) is 12.1 Å². The maximum Gasteiger partial charge on any atom is 0.342 e. The molecule has 1 aliphatic heterocycles. The minimum Gasteiger partial charge on any atom is -0.496 e. The number of nitrogens with zero attached hydrogens (tertiary/aromatic N) is 1. The first kappa shape index (κ1) is 20.0. The smallest absolute Gasteiger partial charge is 0.342 e. The quantitative estimate of drug-likeness (QED) is 0.738. The highest BCUT2D eigenvalue weighted by molar-refractivity contribution is 6.31. The van der Waals surface area contributed by atoms with Crippen LogP contribution in [0.3, 0.4) is 0 Å². The number of amides is 1. The van der Waals surface area contributed by atoms with Gasteiger partial charge in [-0.1, -0.05) is 11.6 Å². The Balaban J connectivity index is 1.58. The van der Waals surface area contributed by atoms with Crippen molar-refractivity contribution in [2.75, 3.05) is 37.0 Å². The Morgan fingerprint density at radius 2 is 1.89 bits per heavy atom. The van der Waals surface area contributed by atoms with Crippen LogP contribution in [0.5, 0.6) is 5.75 Å². The van der Waals surface area contributed by atoms with E-state index in [4.69, 9.17) is 21.1 Å². The third-order valence-electron chi connectivity index (χ3n) is 4.67. The van der Waals surface area contributed by atoms with E-state index in [0.717, 1.165) is 24.3 Å². The van der Waals surface area contributed by atoms with Gasteiger partial charge in [-0.25, -0.2) is 4.79 Å². The molecule has 1 N–H and O–H groups in total. The Morgan fingerprint density at radius 1 is 1.14 bits per heavy atom. The fourth-order valence-electron chi connectivity index (χ4n) is 3.19. The highest BCUT2D eigenvalue weighted by atomic mass is 35.5. The minimum atomic E-state index is -0.671. The van der Waals surface area contributed by atoms with E-state index in [1.165, 1.54) is 26.0 Å². The van der Waals surface area contributed by atoms with Gasteiger partial charge in [0, 0.05) is 29.5 Å². The molecule has 148 valence electrons. The molecule has 3 rings (SSSR count). The number of rotatable bonds is 6. The molecule has 0 atom stereocenters. The van der Waals surface area contributed by atoms with Crippen LogP contribution in [0.1, 0.15) is 28.8 Å². The molecule has 0 saturated carbocycles. The molecular weight excluding hydrogens is 380 g/mol. The lowest BCUT2D eigenvalue weighted by Gasteiger charge is -2.19. The summed E-state index contributed by atoms with van der Waals surface area (Å²) in [7, 11) is 1.45. The van der Waals surface area contributed by atoms with Gasteiger partial charge in [0.15, 0.2) is 6.61 Å². The van der Waals surface area contributed by atoms with Gasteiger partial charge in [0.2, 0.25) is 0 Å². The predicted molar refractivity (Wildman–Crippen MR) is 110 cm³/mol. The number of halogens is 1. The van der Waals surface area contributed by atoms with Crippen LogP contribution in [0, 0.1) is 6.92 Å². The van der Waals surface area contributed by atoms with E-state index in [1.807, 2.05) is 19.1 Å². The lowest BCUT2D eigenvalue weighted by Crippen LogP contribution is -2.22. The summed E-state index contributed by atoms with van der Waals surface area (Å²) in [5.41, 5.74) is 2.99. The van der Waals surface area contributed by atoms with Crippen molar-refractivity contribution >= 4 is 34.9 Å². The Kier molecular flexibility index (Phi) is 6.41. The molecule has 0 bridgehead atoms. The number of anilines is 2. The second-order valence-corrected chi connectivity index (χ2v) is 7.10. The largest absolute Gasteiger partial charge is 0.496 e. The number of esters is 1. The van der Waals surface area contributed by atoms with Crippen molar-refractivity contribution in [2.45, 2.75) is 19.8 Å². The molecule has 0 radical (unpaired) electrons. The number of nitrogens with one attached hydrogen (secondary N) is 1. The summed E-state index contributed by atoms with van der Waals surface area (Å²) < 4.78 is 10.2. The molecule has 0 spiro atoms. The van der Waals surface area contributed by atoms with Crippen molar-refractivity contribution in [2.24, 2.45) is 0 Å². The molecule has 1 amide bonds. The van der Waals surface area contributed by atoms with E-state index < -0.39 is 18.5 Å². The van der Waals surface area contributed by atoms with Crippen LogP contribution in [-0.2, 0) is 9.53 Å². The first-order valence-electron chi connectivity index (χ1n) is 9.14. The predicted octanol–water partition coefficient (Wildman–Crippen LogP) is 4.05. The van der Waals surface area contributed by atoms with E-state index in [2.05, 4.69) is 16.3 Å². The molecule has 0 aliphatic carbocycles. The highest BCUT2D eigenvalue weighted by Gasteiger charge is 2.17. The standard InChI is InChI=1S/C21H23ClN2O4/c1-14-11-16(24-9-3-4-10-24)6-7-18(14)23-20(25)13-28-21(26)17-12-15(22)5-8-19(17)27-2/h5-8,11-12H,3-4,9-10,13H2,1-2H3,(H,23,25). The number of hydrogen-bond donors (Lipinski definition) is 1. The molecular formula is C21H23ClN2O4. The fraction of sp³-hybridized carbons (Fsp3) is 0.333. The monoisotopic (exact) mass is 402 g/mol. The number of carbonyl (C=O) groups excluding carboxylic acids is 2. The van der Waals surface area contributed by atoms with Gasteiger partial charge in [0.05, 0.1) is 7.11 Å². The number of carbonyl (C=O) groups is 2. The maximum atomic E-state index is 12.2. The molecule has 2 aromatic rings. The zero-order chi connectivity index (χ0) is 20.1. The van der Waals surface area contributed by atoms with Crippen molar-refractivity contribution in [3.05, 3.63) is 52.5 Å². The van der Waals surface area contributed by atoms with Crippen molar-refractivity contribution in [1.29, 1.82) is 0 Å². The molecule has 7 heteroatoms. The number of benzene rings is 2. The summed E-state index contributed by atoms with van der Waals surface area (Å²) in [5, 5.41) is 3.16. The molecule has 0 unspecified atom stereocenters. The lowest BCUT2D eigenvalue weighted by molar-refractivity contribution is -0.119. The molecule has 1 aliphatic rings. The van der Waals surface area contributed by atoms with Gasteiger partial charge in [0.1, 0.15) is 11.3 Å². The van der Waals surface area contributed by atoms with Crippen LogP contribution < -0.4 is 15.0 Å². The highest BCUT2D eigenvalue weighted by Crippen LogP contribution is 2.26. The average molecular weight is 403 g/mol. The lowest BCUT2D eigenvalue weighted by atomic mass is 10.1. The average Bonchev–Trinajstić information content (AvgIpc) is 3.22. The molecule has 6 nitrogen and oxygen atoms in total. The number of methoxy groups -OCH3 is 1. The first-order valence-corrected chi connectivity index (χ1v) is 9.52. The van der Waals surface area contributed by atoms with Gasteiger partial charge in [-0.2, -0.15) is 0 Å². The van der Waals surface area contributed by atoms with Crippen LogP contribution in [0.15, 0.2) is 36.4 Å². The van der Waals surface area contributed by atoms with Crippen molar-refractivity contribution < 1.29 is 19.1 Å². The normalized spacial score (nSPS) is 13.3. The SMILES string of the molecule is COc1ccc(Cl)cc1C(=O)OCC(=O)Nc1ccc(N2CCCC2)cc1C. The van der Waals surface area contributed by atoms with Gasteiger partial charge in [-0.15, -0.1) is 0 Å². The molecule has 1 heterocycles. The van der Waals surface area contributed by atoms with Crippen molar-refractivity contribution in [1.82, 2.24) is 0 Å². The molecule has 1 fully saturated rings. The van der Waals surface area contributed by atoms with Crippen molar-refractivity contribution in [3.8, 4) is 5.75 Å². The van der Waals surface area contributed by atoms with Crippen LogP contribution in [0.2, 0.25) is 5.02 Å². The third kappa shape index (κ3) is 4.75. The van der Waals surface area contributed by atoms with Gasteiger partial charge >= 0.3 is 5.97 Å². The van der Waals surface area contributed by atoms with Gasteiger partial charge in [-0.3, -0.25) is 4.79 Å². The van der Waals surface area contributed by atoms with Gasteiger partial charge in [-0.05, 0) is 61.7 Å². The van der Waals surface area contributed by atoms with E-state index in [9.17, 15) is 9.59 Å². The summed E-state index contributed by atoms with van der Waals surface area (Å²) in [4.78, 5) is 26.8. The Labute approximate surface area is 169 Å². The summed E-state index contributed by atoms with van der Waals surface area (Å²) in [6.07, 6.45) is 2.42. The molecule has 2 aromatic carbocycles. The number of hydrogen-bond acceptors (Lipinski definition) is 5. The summed E-state index contributed by atoms with van der Waals surface area (Å²) >= 11 is 5.92. The summed E-state index contributed by atoms with van der Waals surface area (Å²) in [6.45, 7) is 3.67. The molecule has 28 heavy (non-hydrogen) atoms. The number of aryl methyl sites for hydroxylation is 1. The fourth-order valence-corrected chi connectivity index (χ4v) is 3.37. The Bertz CT molecular complexity index is 879. The van der Waals surface area contributed by atoms with Crippen LogP contribution in [0.4, 0.5) is 11.4 Å². The molecule has 1 saturated heterocycles.